The van der Waals surface area contributed by atoms with Crippen molar-refractivity contribution in [2.24, 2.45) is 0 Å². The molecule has 23 heavy (non-hydrogen) atoms. The van der Waals surface area contributed by atoms with Gasteiger partial charge in [-0.15, -0.1) is 10.2 Å². The topological polar surface area (TPSA) is 94.9 Å². The van der Waals surface area contributed by atoms with Crippen LogP contribution in [-0.4, -0.2) is 45.5 Å². The lowest BCUT2D eigenvalue weighted by molar-refractivity contribution is 0.144. The first kappa shape index (κ1) is 15.2. The molecule has 0 saturated heterocycles. The average molecular weight is 315 g/mol. The van der Waals surface area contributed by atoms with E-state index in [4.69, 9.17) is 9.47 Å². The number of hydrogen-bond acceptors (Lipinski definition) is 6. The van der Waals surface area contributed by atoms with E-state index in [1.54, 1.807) is 7.11 Å². The number of rotatable bonds is 6. The van der Waals surface area contributed by atoms with Gasteiger partial charge in [0.25, 0.3) is 11.4 Å². The lowest BCUT2D eigenvalue weighted by Crippen LogP contribution is -2.27. The molecule has 0 aliphatic carbocycles. The minimum atomic E-state index is -0.291. The number of fused-ring (bicyclic) bond motifs is 1. The molecule has 0 spiro atoms. The first-order chi connectivity index (χ1) is 11.2. The zero-order chi connectivity index (χ0) is 16.2. The van der Waals surface area contributed by atoms with Gasteiger partial charge in [0.15, 0.2) is 11.0 Å². The molecule has 0 saturated carbocycles. The van der Waals surface area contributed by atoms with Gasteiger partial charge in [-0.1, -0.05) is 35.5 Å². The van der Waals surface area contributed by atoms with Crippen molar-refractivity contribution in [1.29, 1.82) is 0 Å². The maximum atomic E-state index is 12.6. The molecule has 120 valence electrons. The summed E-state index contributed by atoms with van der Waals surface area (Å²) in [5.41, 5.74) is 1.28. The van der Waals surface area contributed by atoms with E-state index < -0.39 is 0 Å². The van der Waals surface area contributed by atoms with Crippen LogP contribution in [0, 0.1) is 0 Å². The van der Waals surface area contributed by atoms with Gasteiger partial charge in [0.1, 0.15) is 6.61 Å². The highest BCUT2D eigenvalue weighted by Gasteiger charge is 2.18. The monoisotopic (exact) mass is 315 g/mol. The summed E-state index contributed by atoms with van der Waals surface area (Å²) in [4.78, 5) is 12.6. The van der Waals surface area contributed by atoms with Crippen LogP contribution in [-0.2, 0) is 4.74 Å². The Hall–Kier alpha value is -2.74. The van der Waals surface area contributed by atoms with Crippen LogP contribution in [0.2, 0.25) is 0 Å². The van der Waals surface area contributed by atoms with Gasteiger partial charge in [0.2, 0.25) is 0 Å². The van der Waals surface area contributed by atoms with Gasteiger partial charge in [-0.3, -0.25) is 9.89 Å². The first-order valence-corrected chi connectivity index (χ1v) is 7.22. The zero-order valence-electron chi connectivity index (χ0n) is 12.9. The van der Waals surface area contributed by atoms with Crippen LogP contribution < -0.4 is 10.3 Å². The molecule has 0 radical (unpaired) electrons. The molecule has 0 fully saturated rings. The van der Waals surface area contributed by atoms with Crippen LogP contribution >= 0.6 is 0 Å². The molecule has 1 N–H and O–H groups in total. The Labute approximate surface area is 132 Å². The fourth-order valence-corrected chi connectivity index (χ4v) is 2.26. The Morgan fingerprint density at radius 1 is 1.26 bits per heavy atom. The number of nitrogens with zero attached hydrogens (tertiary/aromatic N) is 4. The van der Waals surface area contributed by atoms with Gasteiger partial charge in [0, 0.05) is 7.11 Å². The molecule has 8 nitrogen and oxygen atoms in total. The average Bonchev–Trinajstić information content (AvgIpc) is 3.00. The van der Waals surface area contributed by atoms with E-state index in [1.807, 2.05) is 37.3 Å². The summed E-state index contributed by atoms with van der Waals surface area (Å²) in [6, 6.07) is 9.40. The summed E-state index contributed by atoms with van der Waals surface area (Å²) in [5, 5.41) is 14.8. The molecule has 1 atom stereocenters. The van der Waals surface area contributed by atoms with E-state index in [2.05, 4.69) is 20.5 Å². The van der Waals surface area contributed by atoms with Gasteiger partial charge in [-0.25, -0.2) is 4.68 Å². The molecular formula is C15H17N5O3. The maximum Gasteiger partial charge on any atom is 0.296 e. The zero-order valence-corrected chi connectivity index (χ0v) is 12.9. The van der Waals surface area contributed by atoms with E-state index >= 15 is 0 Å². The highest BCUT2D eigenvalue weighted by Crippen LogP contribution is 2.18. The summed E-state index contributed by atoms with van der Waals surface area (Å²) in [7, 11) is 1.58. The molecule has 0 amide bonds. The lowest BCUT2D eigenvalue weighted by Gasteiger charge is -2.12. The van der Waals surface area contributed by atoms with Crippen LogP contribution in [0.15, 0.2) is 35.1 Å². The van der Waals surface area contributed by atoms with Crippen molar-refractivity contribution >= 4 is 11.0 Å². The molecule has 3 aromatic rings. The Morgan fingerprint density at radius 2 is 2.04 bits per heavy atom. The third-order valence-corrected chi connectivity index (χ3v) is 3.55. The molecule has 2 aromatic heterocycles. The van der Waals surface area contributed by atoms with Crippen molar-refractivity contribution in [2.45, 2.75) is 13.0 Å². The smallest absolute Gasteiger partial charge is 0.296 e. The SMILES string of the molecule is COCCOc1n[nH]c2c(=O)n(C(C)c3ccccc3)nnc12. The Morgan fingerprint density at radius 3 is 2.78 bits per heavy atom. The second kappa shape index (κ2) is 6.57. The molecule has 1 unspecified atom stereocenters. The summed E-state index contributed by atoms with van der Waals surface area (Å²) >= 11 is 0. The predicted molar refractivity (Wildman–Crippen MR) is 83.6 cm³/mol. The molecule has 3 rings (SSSR count). The quantitative estimate of drug-likeness (QED) is 0.686. The maximum absolute atomic E-state index is 12.6. The largest absolute Gasteiger partial charge is 0.473 e. The predicted octanol–water partition coefficient (Wildman–Crippen LogP) is 1.15. The summed E-state index contributed by atoms with van der Waals surface area (Å²) in [6.07, 6.45) is 0. The highest BCUT2D eigenvalue weighted by molar-refractivity contribution is 5.77. The molecule has 2 heterocycles. The fraction of sp³-hybridized carbons (Fsp3) is 0.333. The van der Waals surface area contributed by atoms with Crippen LogP contribution in [0.4, 0.5) is 0 Å². The van der Waals surface area contributed by atoms with E-state index in [9.17, 15) is 4.79 Å². The van der Waals surface area contributed by atoms with Crippen molar-refractivity contribution in [3.8, 4) is 5.88 Å². The second-order valence-electron chi connectivity index (χ2n) is 5.02. The van der Waals surface area contributed by atoms with Gasteiger partial charge in [-0.05, 0) is 12.5 Å². The van der Waals surface area contributed by atoms with Crippen LogP contribution in [0.3, 0.4) is 0 Å². The third-order valence-electron chi connectivity index (χ3n) is 3.55. The van der Waals surface area contributed by atoms with Gasteiger partial charge < -0.3 is 9.47 Å². The summed E-state index contributed by atoms with van der Waals surface area (Å²) in [5.74, 6) is 0.251. The Kier molecular flexibility index (Phi) is 4.33. The third kappa shape index (κ3) is 2.93. The molecule has 0 bridgehead atoms. The highest BCUT2D eigenvalue weighted by atomic mass is 16.5. The second-order valence-corrected chi connectivity index (χ2v) is 5.02. The standard InChI is InChI=1S/C15H17N5O3/c1-10(11-6-4-3-5-7-11)20-15(21)13-12(17-19-20)14(18-16-13)23-9-8-22-2/h3-7,10H,8-9H2,1-2H3,(H,16,18). The number of benzene rings is 1. The van der Waals surface area contributed by atoms with Crippen molar-refractivity contribution in [1.82, 2.24) is 25.2 Å². The van der Waals surface area contributed by atoms with Gasteiger partial charge >= 0.3 is 0 Å². The molecular weight excluding hydrogens is 298 g/mol. The van der Waals surface area contributed by atoms with Gasteiger partial charge in [0.05, 0.1) is 12.6 Å². The molecule has 0 aliphatic rings. The number of nitrogens with one attached hydrogen (secondary N) is 1. The molecule has 1 aromatic carbocycles. The number of hydrogen-bond donors (Lipinski definition) is 1. The Balaban J connectivity index is 1.95. The van der Waals surface area contributed by atoms with E-state index in [0.717, 1.165) is 5.56 Å². The minimum absolute atomic E-state index is 0.234. The number of methoxy groups -OCH3 is 1. The Bertz CT molecular complexity index is 843. The minimum Gasteiger partial charge on any atom is -0.473 e. The molecule has 8 heteroatoms. The summed E-state index contributed by atoms with van der Waals surface area (Å²) < 4.78 is 11.7. The summed E-state index contributed by atoms with van der Waals surface area (Å²) in [6.45, 7) is 2.63. The lowest BCUT2D eigenvalue weighted by atomic mass is 10.1. The van der Waals surface area contributed by atoms with Crippen LogP contribution in [0.5, 0.6) is 5.88 Å². The van der Waals surface area contributed by atoms with Crippen molar-refractivity contribution in [3.63, 3.8) is 0 Å². The first-order valence-electron chi connectivity index (χ1n) is 7.22. The normalized spacial score (nSPS) is 12.4. The van der Waals surface area contributed by atoms with Crippen molar-refractivity contribution in [2.75, 3.05) is 20.3 Å². The number of H-pyrrole nitrogens is 1. The van der Waals surface area contributed by atoms with Crippen LogP contribution in [0.25, 0.3) is 11.0 Å². The van der Waals surface area contributed by atoms with Crippen molar-refractivity contribution < 1.29 is 9.47 Å². The van der Waals surface area contributed by atoms with Crippen molar-refractivity contribution in [3.05, 3.63) is 46.2 Å². The number of aromatic amines is 1. The van der Waals surface area contributed by atoms with Gasteiger partial charge in [-0.2, -0.15) is 0 Å². The fourth-order valence-electron chi connectivity index (χ4n) is 2.26. The van der Waals surface area contributed by atoms with E-state index in [-0.39, 0.29) is 23.0 Å². The van der Waals surface area contributed by atoms with E-state index in [1.165, 1.54) is 4.68 Å². The molecule has 0 aliphatic heterocycles. The van der Waals surface area contributed by atoms with Crippen LogP contribution in [0.1, 0.15) is 18.5 Å². The number of aromatic nitrogens is 5. The van der Waals surface area contributed by atoms with E-state index in [0.29, 0.717) is 18.7 Å². The number of ether oxygens (including phenoxy) is 2.